The molecule has 25 heavy (non-hydrogen) atoms. The van der Waals surface area contributed by atoms with Crippen LogP contribution in [0.4, 0.5) is 4.39 Å². The third-order valence-corrected chi connectivity index (χ3v) is 5.44. The highest BCUT2D eigenvalue weighted by atomic mass is 32.2. The molecule has 1 atom stereocenters. The van der Waals surface area contributed by atoms with E-state index in [2.05, 4.69) is 0 Å². The lowest BCUT2D eigenvalue weighted by atomic mass is 10.0. The number of carbonyl (C=O) groups is 2. The lowest BCUT2D eigenvalue weighted by molar-refractivity contribution is -0.141. The second kappa shape index (κ2) is 7.95. The van der Waals surface area contributed by atoms with E-state index in [-0.39, 0.29) is 17.9 Å². The largest absolute Gasteiger partial charge is 0.331 e. The van der Waals surface area contributed by atoms with Crippen molar-refractivity contribution in [2.24, 2.45) is 0 Å². The molecule has 0 spiro atoms. The molecule has 0 unspecified atom stereocenters. The van der Waals surface area contributed by atoms with Crippen LogP contribution in [0.1, 0.15) is 43.7 Å². The van der Waals surface area contributed by atoms with Crippen LogP contribution in [0.25, 0.3) is 0 Å². The predicted molar refractivity (Wildman–Crippen MR) is 91.5 cm³/mol. The molecule has 1 aliphatic rings. The molecule has 0 radical (unpaired) electrons. The van der Waals surface area contributed by atoms with E-state index in [0.717, 1.165) is 12.8 Å². The van der Waals surface area contributed by atoms with Crippen LogP contribution < -0.4 is 4.72 Å². The highest BCUT2D eigenvalue weighted by molar-refractivity contribution is 7.89. The van der Waals surface area contributed by atoms with Gasteiger partial charge in [0.15, 0.2) is 0 Å². The van der Waals surface area contributed by atoms with E-state index in [1.807, 2.05) is 4.72 Å². The molecule has 1 fully saturated rings. The first kappa shape index (κ1) is 19.4. The van der Waals surface area contributed by atoms with Gasteiger partial charge in [-0.2, -0.15) is 0 Å². The van der Waals surface area contributed by atoms with Gasteiger partial charge in [-0.25, -0.2) is 12.8 Å². The summed E-state index contributed by atoms with van der Waals surface area (Å²) in [5.74, 6) is -2.16. The number of hydrogen-bond acceptors (Lipinski definition) is 4. The third kappa shape index (κ3) is 5.01. The molecule has 0 aromatic heterocycles. The Balaban J connectivity index is 2.10. The minimum Gasteiger partial charge on any atom is -0.331 e. The van der Waals surface area contributed by atoms with Crippen molar-refractivity contribution in [3.63, 3.8) is 0 Å². The number of carbonyl (C=O) groups excluding carboxylic acids is 2. The zero-order valence-corrected chi connectivity index (χ0v) is 15.2. The highest BCUT2D eigenvalue weighted by Gasteiger charge is 2.33. The summed E-state index contributed by atoms with van der Waals surface area (Å²) in [6.07, 6.45) is 2.21. The molecule has 1 heterocycles. The summed E-state index contributed by atoms with van der Waals surface area (Å²) in [4.78, 5) is 25.8. The van der Waals surface area contributed by atoms with Crippen LogP contribution in [-0.2, 0) is 25.4 Å². The van der Waals surface area contributed by atoms with E-state index >= 15 is 0 Å². The molecule has 8 heteroatoms. The van der Waals surface area contributed by atoms with Crippen molar-refractivity contribution in [3.05, 3.63) is 35.1 Å². The van der Waals surface area contributed by atoms with Crippen molar-refractivity contribution in [1.29, 1.82) is 0 Å². The monoisotopic (exact) mass is 370 g/mol. The fourth-order valence-corrected chi connectivity index (χ4v) is 4.10. The highest BCUT2D eigenvalue weighted by Crippen LogP contribution is 2.19. The van der Waals surface area contributed by atoms with E-state index in [1.165, 1.54) is 17.0 Å². The van der Waals surface area contributed by atoms with Gasteiger partial charge in [0, 0.05) is 18.5 Å². The van der Waals surface area contributed by atoms with Crippen molar-refractivity contribution >= 4 is 21.8 Å². The third-order valence-electron chi connectivity index (χ3n) is 4.24. The van der Waals surface area contributed by atoms with Crippen molar-refractivity contribution in [2.45, 2.75) is 51.3 Å². The Labute approximate surface area is 147 Å². The molecule has 1 aromatic rings. The lowest BCUT2D eigenvalue weighted by Crippen LogP contribution is -2.52. The number of sulfonamides is 1. The van der Waals surface area contributed by atoms with E-state index in [4.69, 9.17) is 0 Å². The fraction of sp³-hybridized carbons (Fsp3) is 0.529. The number of rotatable bonds is 5. The van der Waals surface area contributed by atoms with Crippen LogP contribution in [0.15, 0.2) is 18.2 Å². The number of likely N-dealkylation sites (tertiary alicyclic amines) is 1. The maximum atomic E-state index is 13.9. The topological polar surface area (TPSA) is 83.6 Å². The number of nitrogens with one attached hydrogen (secondary N) is 1. The van der Waals surface area contributed by atoms with Gasteiger partial charge in [-0.15, -0.1) is 0 Å². The van der Waals surface area contributed by atoms with Crippen molar-refractivity contribution in [1.82, 2.24) is 9.62 Å². The quantitative estimate of drug-likeness (QED) is 0.858. The summed E-state index contributed by atoms with van der Waals surface area (Å²) in [5, 5.41) is 0. The Hall–Kier alpha value is -1.96. The van der Waals surface area contributed by atoms with Gasteiger partial charge < -0.3 is 4.90 Å². The number of amides is 2. The second-order valence-electron chi connectivity index (χ2n) is 6.27. The predicted octanol–water partition coefficient (Wildman–Crippen LogP) is 1.87. The molecular weight excluding hydrogens is 347 g/mol. The summed E-state index contributed by atoms with van der Waals surface area (Å²) in [6.45, 7) is 3.84. The number of nitrogens with zero attached hydrogens (tertiary/aromatic N) is 1. The molecule has 1 N–H and O–H groups in total. The van der Waals surface area contributed by atoms with Crippen molar-refractivity contribution in [2.75, 3.05) is 6.54 Å². The molecule has 138 valence electrons. The summed E-state index contributed by atoms with van der Waals surface area (Å²) in [6, 6.07) is 3.45. The molecule has 1 saturated heterocycles. The molecule has 0 aliphatic carbocycles. The summed E-state index contributed by atoms with van der Waals surface area (Å²) in [7, 11) is -4.05. The SMILES string of the molecule is CCC(=O)N1CCCC[C@@H]1C(=O)NS(=O)(=O)Cc1ccc(C)cc1F. The molecule has 1 aromatic carbocycles. The first-order valence-electron chi connectivity index (χ1n) is 8.32. The maximum Gasteiger partial charge on any atom is 0.256 e. The summed E-state index contributed by atoms with van der Waals surface area (Å²) in [5.41, 5.74) is 0.676. The van der Waals surface area contributed by atoms with Gasteiger partial charge >= 0.3 is 0 Å². The number of piperidine rings is 1. The Bertz CT molecular complexity index is 764. The minimum absolute atomic E-state index is 0.00367. The van der Waals surface area contributed by atoms with Gasteiger partial charge in [0.1, 0.15) is 11.9 Å². The molecule has 2 rings (SSSR count). The first-order valence-corrected chi connectivity index (χ1v) is 9.97. The number of benzene rings is 1. The smallest absolute Gasteiger partial charge is 0.256 e. The second-order valence-corrected chi connectivity index (χ2v) is 7.99. The molecule has 6 nitrogen and oxygen atoms in total. The number of halogens is 1. The van der Waals surface area contributed by atoms with Crippen molar-refractivity contribution in [3.8, 4) is 0 Å². The molecular formula is C17H23FN2O4S. The van der Waals surface area contributed by atoms with Crippen LogP contribution in [0.5, 0.6) is 0 Å². The fourth-order valence-electron chi connectivity index (χ4n) is 2.94. The van der Waals surface area contributed by atoms with Crippen LogP contribution in [0, 0.1) is 12.7 Å². The van der Waals surface area contributed by atoms with Crippen LogP contribution in [-0.4, -0.2) is 37.7 Å². The van der Waals surface area contributed by atoms with Gasteiger partial charge in [-0.1, -0.05) is 19.1 Å². The Morgan fingerprint density at radius 2 is 2.04 bits per heavy atom. The molecule has 0 bridgehead atoms. The molecule has 1 aliphatic heterocycles. The Morgan fingerprint density at radius 1 is 1.32 bits per heavy atom. The van der Waals surface area contributed by atoms with E-state index in [0.29, 0.717) is 18.5 Å². The van der Waals surface area contributed by atoms with Gasteiger partial charge in [0.2, 0.25) is 15.9 Å². The minimum atomic E-state index is -4.05. The van der Waals surface area contributed by atoms with Crippen LogP contribution in [0.2, 0.25) is 0 Å². The van der Waals surface area contributed by atoms with E-state index in [1.54, 1.807) is 19.9 Å². The number of aryl methyl sites for hydroxylation is 1. The van der Waals surface area contributed by atoms with Gasteiger partial charge in [-0.3, -0.25) is 14.3 Å². The number of hydrogen-bond donors (Lipinski definition) is 1. The summed E-state index contributed by atoms with van der Waals surface area (Å²) < 4.78 is 40.3. The Kier molecular flexibility index (Phi) is 6.16. The maximum absolute atomic E-state index is 13.9. The molecule has 2 amide bonds. The first-order chi connectivity index (χ1) is 11.7. The average Bonchev–Trinajstić information content (AvgIpc) is 2.56. The zero-order valence-electron chi connectivity index (χ0n) is 14.4. The van der Waals surface area contributed by atoms with Crippen LogP contribution >= 0.6 is 0 Å². The normalized spacial score (nSPS) is 18.0. The standard InChI is InChI=1S/C17H23FN2O4S/c1-3-16(21)20-9-5-4-6-15(20)17(22)19-25(23,24)11-13-8-7-12(2)10-14(13)18/h7-8,10,15H,3-6,9,11H2,1-2H3,(H,19,22)/t15-/m1/s1. The lowest BCUT2D eigenvalue weighted by Gasteiger charge is -2.34. The van der Waals surface area contributed by atoms with E-state index in [9.17, 15) is 22.4 Å². The average molecular weight is 370 g/mol. The van der Waals surface area contributed by atoms with Gasteiger partial charge in [0.05, 0.1) is 5.75 Å². The van der Waals surface area contributed by atoms with Crippen molar-refractivity contribution < 1.29 is 22.4 Å². The zero-order chi connectivity index (χ0) is 18.6. The van der Waals surface area contributed by atoms with Gasteiger partial charge in [0.25, 0.3) is 5.91 Å². The summed E-state index contributed by atoms with van der Waals surface area (Å²) >= 11 is 0. The molecule has 0 saturated carbocycles. The van der Waals surface area contributed by atoms with E-state index < -0.39 is 33.5 Å². The van der Waals surface area contributed by atoms with Gasteiger partial charge in [-0.05, 0) is 37.8 Å². The van der Waals surface area contributed by atoms with Crippen LogP contribution in [0.3, 0.4) is 0 Å². The Morgan fingerprint density at radius 3 is 2.68 bits per heavy atom.